The fraction of sp³-hybridized carbons (Fsp3) is 0. The Kier molecular flexibility index (Phi) is 2.56. The van der Waals surface area contributed by atoms with Crippen LogP contribution in [0.2, 0.25) is 5.02 Å². The predicted octanol–water partition coefficient (Wildman–Crippen LogP) is 3.29. The summed E-state index contributed by atoms with van der Waals surface area (Å²) in [6, 6.07) is 6.24. The molecule has 1 heterocycles. The lowest BCUT2D eigenvalue weighted by Crippen LogP contribution is -1.84. The van der Waals surface area contributed by atoms with Gasteiger partial charge in [0.2, 0.25) is 0 Å². The second-order valence-corrected chi connectivity index (χ2v) is 3.41. The Labute approximate surface area is 90.7 Å². The topological polar surface area (TPSA) is 32.9 Å². The standard InChI is InChI=1S/C11H7ClFNO/c12-10-7(6-15)5-14-11(10)8-3-1-2-4-9(8)13/h1-6,14H. The fourth-order valence-corrected chi connectivity index (χ4v) is 1.62. The minimum absolute atomic E-state index is 0.245. The van der Waals surface area contributed by atoms with Crippen molar-refractivity contribution in [2.24, 2.45) is 0 Å². The third kappa shape index (κ3) is 1.66. The smallest absolute Gasteiger partial charge is 0.153 e. The highest BCUT2D eigenvalue weighted by atomic mass is 35.5. The molecule has 15 heavy (non-hydrogen) atoms. The average Bonchev–Trinajstić information content (AvgIpc) is 2.60. The average molecular weight is 224 g/mol. The molecule has 4 heteroatoms. The van der Waals surface area contributed by atoms with Gasteiger partial charge < -0.3 is 4.98 Å². The highest BCUT2D eigenvalue weighted by Crippen LogP contribution is 2.30. The van der Waals surface area contributed by atoms with Crippen molar-refractivity contribution in [1.29, 1.82) is 0 Å². The van der Waals surface area contributed by atoms with Gasteiger partial charge in [-0.25, -0.2) is 4.39 Å². The lowest BCUT2D eigenvalue weighted by Gasteiger charge is -2.00. The zero-order valence-electron chi connectivity index (χ0n) is 7.63. The molecule has 0 saturated carbocycles. The van der Waals surface area contributed by atoms with Crippen LogP contribution in [0.1, 0.15) is 10.4 Å². The van der Waals surface area contributed by atoms with Crippen LogP contribution < -0.4 is 0 Å². The molecule has 0 spiro atoms. The van der Waals surface area contributed by atoms with Crippen LogP contribution >= 0.6 is 11.6 Å². The highest BCUT2D eigenvalue weighted by Gasteiger charge is 2.12. The second kappa shape index (κ2) is 3.87. The van der Waals surface area contributed by atoms with Crippen molar-refractivity contribution in [2.45, 2.75) is 0 Å². The van der Waals surface area contributed by atoms with E-state index in [1.165, 1.54) is 12.3 Å². The third-order valence-electron chi connectivity index (χ3n) is 2.12. The molecule has 0 aliphatic heterocycles. The fourth-order valence-electron chi connectivity index (χ4n) is 1.37. The van der Waals surface area contributed by atoms with Gasteiger partial charge in [-0.2, -0.15) is 0 Å². The minimum atomic E-state index is -0.376. The van der Waals surface area contributed by atoms with Crippen molar-refractivity contribution in [1.82, 2.24) is 4.98 Å². The summed E-state index contributed by atoms with van der Waals surface area (Å²) < 4.78 is 13.4. The van der Waals surface area contributed by atoms with E-state index in [1.807, 2.05) is 0 Å². The predicted molar refractivity (Wildman–Crippen MR) is 56.6 cm³/mol. The maximum Gasteiger partial charge on any atom is 0.153 e. The molecular formula is C11H7ClFNO. The molecule has 0 saturated heterocycles. The van der Waals surface area contributed by atoms with Gasteiger partial charge in [0.15, 0.2) is 6.29 Å². The largest absolute Gasteiger partial charge is 0.359 e. The van der Waals surface area contributed by atoms with Crippen LogP contribution in [0, 0.1) is 5.82 Å². The van der Waals surface area contributed by atoms with Crippen molar-refractivity contribution >= 4 is 17.9 Å². The molecule has 1 aromatic carbocycles. The number of aldehydes is 1. The number of hydrogen-bond donors (Lipinski definition) is 1. The van der Waals surface area contributed by atoms with E-state index in [0.29, 0.717) is 23.1 Å². The normalized spacial score (nSPS) is 10.3. The van der Waals surface area contributed by atoms with Gasteiger partial charge in [0.1, 0.15) is 5.82 Å². The number of carbonyl (C=O) groups is 1. The number of H-pyrrole nitrogens is 1. The van der Waals surface area contributed by atoms with E-state index in [0.717, 1.165) is 0 Å². The summed E-state index contributed by atoms with van der Waals surface area (Å²) >= 11 is 5.90. The molecule has 1 aromatic heterocycles. The van der Waals surface area contributed by atoms with Crippen LogP contribution in [0.4, 0.5) is 4.39 Å². The molecule has 76 valence electrons. The molecule has 1 N–H and O–H groups in total. The van der Waals surface area contributed by atoms with Gasteiger partial charge in [0.25, 0.3) is 0 Å². The summed E-state index contributed by atoms with van der Waals surface area (Å²) in [7, 11) is 0. The minimum Gasteiger partial charge on any atom is -0.359 e. The summed E-state index contributed by atoms with van der Waals surface area (Å²) in [4.78, 5) is 13.3. The van der Waals surface area contributed by atoms with E-state index >= 15 is 0 Å². The summed E-state index contributed by atoms with van der Waals surface area (Å²) in [5.74, 6) is -0.376. The zero-order valence-corrected chi connectivity index (χ0v) is 8.38. The van der Waals surface area contributed by atoms with E-state index in [9.17, 15) is 9.18 Å². The van der Waals surface area contributed by atoms with Crippen molar-refractivity contribution in [3.05, 3.63) is 46.9 Å². The Balaban J connectivity index is 2.59. The molecule has 0 aliphatic rings. The molecule has 0 radical (unpaired) electrons. The Morgan fingerprint density at radius 3 is 2.67 bits per heavy atom. The van der Waals surface area contributed by atoms with E-state index in [4.69, 9.17) is 11.6 Å². The van der Waals surface area contributed by atoms with Gasteiger partial charge in [-0.05, 0) is 12.1 Å². The first-order valence-corrected chi connectivity index (χ1v) is 4.69. The molecule has 2 nitrogen and oxygen atoms in total. The number of halogens is 2. The van der Waals surface area contributed by atoms with Crippen LogP contribution in [-0.2, 0) is 0 Å². The molecule has 2 aromatic rings. The number of carbonyl (C=O) groups excluding carboxylic acids is 1. The van der Waals surface area contributed by atoms with Crippen LogP contribution in [0.5, 0.6) is 0 Å². The number of benzene rings is 1. The number of nitrogens with one attached hydrogen (secondary N) is 1. The van der Waals surface area contributed by atoms with Crippen molar-refractivity contribution < 1.29 is 9.18 Å². The first-order valence-electron chi connectivity index (χ1n) is 4.31. The van der Waals surface area contributed by atoms with Gasteiger partial charge in [-0.3, -0.25) is 4.79 Å². The summed E-state index contributed by atoms with van der Waals surface area (Å²) in [6.45, 7) is 0. The van der Waals surface area contributed by atoms with Gasteiger partial charge in [-0.15, -0.1) is 0 Å². The van der Waals surface area contributed by atoms with Crippen LogP contribution in [0.3, 0.4) is 0 Å². The highest BCUT2D eigenvalue weighted by molar-refractivity contribution is 6.35. The first kappa shape index (κ1) is 9.93. The molecule has 0 unspecified atom stereocenters. The van der Waals surface area contributed by atoms with E-state index < -0.39 is 0 Å². The van der Waals surface area contributed by atoms with Crippen LogP contribution in [-0.4, -0.2) is 11.3 Å². The maximum absolute atomic E-state index is 13.4. The van der Waals surface area contributed by atoms with E-state index in [1.54, 1.807) is 18.2 Å². The Bertz CT molecular complexity index is 507. The maximum atomic E-state index is 13.4. The molecule has 0 atom stereocenters. The lowest BCUT2D eigenvalue weighted by molar-refractivity contribution is 0.112. The van der Waals surface area contributed by atoms with Crippen molar-refractivity contribution in [3.8, 4) is 11.3 Å². The number of hydrogen-bond acceptors (Lipinski definition) is 1. The Morgan fingerprint density at radius 2 is 2.07 bits per heavy atom. The molecule has 0 fully saturated rings. The molecule has 2 rings (SSSR count). The third-order valence-corrected chi connectivity index (χ3v) is 2.52. The van der Waals surface area contributed by atoms with E-state index in [2.05, 4.69) is 4.98 Å². The SMILES string of the molecule is O=Cc1c[nH]c(-c2ccccc2F)c1Cl. The van der Waals surface area contributed by atoms with E-state index in [-0.39, 0.29) is 10.8 Å². The molecule has 0 amide bonds. The monoisotopic (exact) mass is 223 g/mol. The zero-order chi connectivity index (χ0) is 10.8. The molecular weight excluding hydrogens is 217 g/mol. The summed E-state index contributed by atoms with van der Waals surface area (Å²) in [6.07, 6.45) is 2.08. The van der Waals surface area contributed by atoms with Crippen molar-refractivity contribution in [2.75, 3.05) is 0 Å². The lowest BCUT2D eigenvalue weighted by atomic mass is 10.1. The number of aromatic amines is 1. The number of aromatic nitrogens is 1. The summed E-state index contributed by atoms with van der Waals surface area (Å²) in [5, 5.41) is 0.245. The first-order chi connectivity index (χ1) is 7.24. The quantitative estimate of drug-likeness (QED) is 0.779. The van der Waals surface area contributed by atoms with Crippen LogP contribution in [0.15, 0.2) is 30.5 Å². The molecule has 0 bridgehead atoms. The van der Waals surface area contributed by atoms with Crippen molar-refractivity contribution in [3.63, 3.8) is 0 Å². The summed E-state index contributed by atoms with van der Waals surface area (Å²) in [5.41, 5.74) is 1.11. The van der Waals surface area contributed by atoms with Gasteiger partial charge in [0.05, 0.1) is 16.3 Å². The van der Waals surface area contributed by atoms with Gasteiger partial charge in [-0.1, -0.05) is 23.7 Å². The van der Waals surface area contributed by atoms with Crippen LogP contribution in [0.25, 0.3) is 11.3 Å². The molecule has 0 aliphatic carbocycles. The second-order valence-electron chi connectivity index (χ2n) is 3.03. The Morgan fingerprint density at radius 1 is 1.33 bits per heavy atom. The van der Waals surface area contributed by atoms with Gasteiger partial charge >= 0.3 is 0 Å². The van der Waals surface area contributed by atoms with Gasteiger partial charge in [0, 0.05) is 11.8 Å². The number of rotatable bonds is 2. The Hall–Kier alpha value is -1.61.